The van der Waals surface area contributed by atoms with Crippen molar-refractivity contribution in [2.24, 2.45) is 0 Å². The molecule has 0 radical (unpaired) electrons. The van der Waals surface area contributed by atoms with E-state index in [4.69, 9.17) is 0 Å². The number of benzene rings is 2. The van der Waals surface area contributed by atoms with Crippen LogP contribution in [0, 0.1) is 0 Å². The molecule has 0 fully saturated rings. The molecule has 0 nitrogen and oxygen atoms in total. The normalized spacial score (nSPS) is 13.7. The summed E-state index contributed by atoms with van der Waals surface area (Å²) in [5.41, 5.74) is 6.23. The highest BCUT2D eigenvalue weighted by Crippen LogP contribution is 2.43. The van der Waals surface area contributed by atoms with Gasteiger partial charge in [-0.3, -0.25) is 0 Å². The minimum absolute atomic E-state index is 0.108. The lowest BCUT2D eigenvalue weighted by molar-refractivity contribution is 0.557. The Morgan fingerprint density at radius 3 is 1.00 bits per heavy atom. The van der Waals surface area contributed by atoms with Crippen LogP contribution in [0.25, 0.3) is 0 Å². The fourth-order valence-electron chi connectivity index (χ4n) is 3.46. The molecule has 0 heterocycles. The van der Waals surface area contributed by atoms with Crippen LogP contribution in [0.3, 0.4) is 0 Å². The second-order valence-corrected chi connectivity index (χ2v) is 13.6. The molecule has 0 N–H and O–H groups in total. The number of hydrogen-bond acceptors (Lipinski definition) is 1. The van der Waals surface area contributed by atoms with Crippen LogP contribution in [0.2, 0.25) is 0 Å². The van der Waals surface area contributed by atoms with Gasteiger partial charge in [0, 0.05) is 9.79 Å². The van der Waals surface area contributed by atoms with Crippen LogP contribution in [0.1, 0.15) is 105 Å². The van der Waals surface area contributed by atoms with Gasteiger partial charge >= 0.3 is 0 Å². The van der Waals surface area contributed by atoms with Crippen molar-refractivity contribution in [1.29, 1.82) is 0 Å². The van der Waals surface area contributed by atoms with Crippen molar-refractivity contribution < 1.29 is 0 Å². The Morgan fingerprint density at radius 1 is 0.448 bits per heavy atom. The number of hydrogen-bond donors (Lipinski definition) is 0. The van der Waals surface area contributed by atoms with E-state index in [0.717, 1.165) is 0 Å². The first-order valence-electron chi connectivity index (χ1n) is 10.9. The lowest BCUT2D eigenvalue weighted by Crippen LogP contribution is -2.18. The summed E-state index contributed by atoms with van der Waals surface area (Å²) < 4.78 is 0. The zero-order chi connectivity index (χ0) is 22.4. The van der Waals surface area contributed by atoms with Crippen LogP contribution in [-0.4, -0.2) is 0 Å². The summed E-state index contributed by atoms with van der Waals surface area (Å²) in [5, 5.41) is 0. The van der Waals surface area contributed by atoms with Crippen molar-refractivity contribution in [3.63, 3.8) is 0 Å². The first-order chi connectivity index (χ1) is 12.9. The molecule has 0 aliphatic rings. The molecule has 2 aromatic rings. The second kappa shape index (κ2) is 7.80. The molecule has 0 aliphatic carbocycles. The molecule has 2 aromatic carbocycles. The van der Waals surface area contributed by atoms with Crippen molar-refractivity contribution in [2.75, 3.05) is 0 Å². The molecule has 0 unspecified atom stereocenters. The molecule has 0 bridgehead atoms. The fourth-order valence-corrected chi connectivity index (χ4v) is 4.92. The molecule has 0 saturated carbocycles. The Balaban J connectivity index is 2.62. The highest BCUT2D eigenvalue weighted by molar-refractivity contribution is 7.99. The Hall–Kier alpha value is -1.21. The summed E-state index contributed by atoms with van der Waals surface area (Å²) in [5.74, 6) is 0. The van der Waals surface area contributed by atoms with Gasteiger partial charge in [0.15, 0.2) is 0 Å². The molecule has 0 aliphatic heterocycles. The van der Waals surface area contributed by atoms with Gasteiger partial charge in [0.05, 0.1) is 0 Å². The largest absolute Gasteiger partial charge is 0.0895 e. The summed E-state index contributed by atoms with van der Waals surface area (Å²) in [4.78, 5) is 2.75. The smallest absolute Gasteiger partial charge is 0.0160 e. The Kier molecular flexibility index (Phi) is 6.47. The zero-order valence-corrected chi connectivity index (χ0v) is 21.7. The van der Waals surface area contributed by atoms with E-state index < -0.39 is 0 Å². The van der Waals surface area contributed by atoms with E-state index in [2.05, 4.69) is 119 Å². The monoisotopic (exact) mass is 410 g/mol. The van der Waals surface area contributed by atoms with Crippen LogP contribution in [0.15, 0.2) is 46.2 Å². The van der Waals surface area contributed by atoms with Crippen LogP contribution >= 0.6 is 11.8 Å². The summed E-state index contributed by atoms with van der Waals surface area (Å²) >= 11 is 1.93. The van der Waals surface area contributed by atoms with Gasteiger partial charge in [-0.25, -0.2) is 0 Å². The van der Waals surface area contributed by atoms with Crippen molar-refractivity contribution in [1.82, 2.24) is 0 Å². The minimum atomic E-state index is 0.108. The zero-order valence-electron chi connectivity index (χ0n) is 20.9. The lowest BCUT2D eigenvalue weighted by atomic mass is 9.80. The van der Waals surface area contributed by atoms with Crippen LogP contribution in [0.4, 0.5) is 0 Å². The lowest BCUT2D eigenvalue weighted by Gasteiger charge is -2.29. The van der Waals surface area contributed by atoms with Crippen LogP contribution < -0.4 is 0 Å². The number of rotatable bonds is 2. The molecule has 29 heavy (non-hydrogen) atoms. The van der Waals surface area contributed by atoms with Gasteiger partial charge in [-0.2, -0.15) is 0 Å². The SMILES string of the molecule is CC(C)(C)c1ccc(Sc2ccc(C(C)(C)C)cc2C(C)(C)C)c(C(C)(C)C)c1. The van der Waals surface area contributed by atoms with E-state index in [1.807, 2.05) is 11.8 Å². The van der Waals surface area contributed by atoms with Gasteiger partial charge in [0.2, 0.25) is 0 Å². The average Bonchev–Trinajstić information content (AvgIpc) is 2.51. The van der Waals surface area contributed by atoms with Gasteiger partial charge in [-0.05, 0) is 56.0 Å². The second-order valence-electron chi connectivity index (χ2n) is 12.5. The summed E-state index contributed by atoms with van der Waals surface area (Å²) in [7, 11) is 0. The molecular formula is C28H42S. The molecule has 160 valence electrons. The van der Waals surface area contributed by atoms with E-state index in [1.54, 1.807) is 0 Å². The molecule has 0 saturated heterocycles. The van der Waals surface area contributed by atoms with E-state index in [1.165, 1.54) is 32.0 Å². The Bertz CT molecular complexity index is 786. The average molecular weight is 411 g/mol. The summed E-state index contributed by atoms with van der Waals surface area (Å²) in [6, 6.07) is 14.2. The highest BCUT2D eigenvalue weighted by atomic mass is 32.2. The predicted octanol–water partition coefficient (Wildman–Crippen LogP) is 9.03. The first kappa shape index (κ1) is 24.1. The maximum Gasteiger partial charge on any atom is 0.0160 e. The third kappa shape index (κ3) is 5.91. The molecule has 2 rings (SSSR count). The van der Waals surface area contributed by atoms with Gasteiger partial charge in [0.25, 0.3) is 0 Å². The first-order valence-corrected chi connectivity index (χ1v) is 11.7. The standard InChI is InChI=1S/C28H42S/c1-25(2,3)19-13-15-23(21(17-19)27(7,8)9)29-24-16-14-20(26(4,5)6)18-22(24)28(10,11)12/h13-18H,1-12H3. The maximum absolute atomic E-state index is 2.43. The van der Waals surface area contributed by atoms with E-state index >= 15 is 0 Å². The van der Waals surface area contributed by atoms with Gasteiger partial charge in [-0.15, -0.1) is 0 Å². The Labute approximate surface area is 184 Å². The van der Waals surface area contributed by atoms with Gasteiger partial charge < -0.3 is 0 Å². The molecular weight excluding hydrogens is 368 g/mol. The predicted molar refractivity (Wildman–Crippen MR) is 132 cm³/mol. The van der Waals surface area contributed by atoms with Gasteiger partial charge in [0.1, 0.15) is 0 Å². The quantitative estimate of drug-likeness (QED) is 0.476. The van der Waals surface area contributed by atoms with E-state index in [9.17, 15) is 0 Å². The molecule has 0 amide bonds. The van der Waals surface area contributed by atoms with Crippen molar-refractivity contribution in [2.45, 2.75) is 115 Å². The van der Waals surface area contributed by atoms with Crippen molar-refractivity contribution >= 4 is 11.8 Å². The third-order valence-corrected chi connectivity index (χ3v) is 6.68. The maximum atomic E-state index is 2.43. The molecule has 1 heteroatoms. The summed E-state index contributed by atoms with van der Waals surface area (Å²) in [6.07, 6.45) is 0. The van der Waals surface area contributed by atoms with E-state index in [-0.39, 0.29) is 21.7 Å². The van der Waals surface area contributed by atoms with E-state index in [0.29, 0.717) is 0 Å². The van der Waals surface area contributed by atoms with Crippen LogP contribution in [-0.2, 0) is 21.7 Å². The van der Waals surface area contributed by atoms with Crippen LogP contribution in [0.5, 0.6) is 0 Å². The minimum Gasteiger partial charge on any atom is -0.0895 e. The van der Waals surface area contributed by atoms with Crippen molar-refractivity contribution in [3.8, 4) is 0 Å². The topological polar surface area (TPSA) is 0 Å². The third-order valence-electron chi connectivity index (χ3n) is 5.53. The highest BCUT2D eigenvalue weighted by Gasteiger charge is 2.26. The Morgan fingerprint density at radius 2 is 0.759 bits per heavy atom. The summed E-state index contributed by atoms with van der Waals surface area (Å²) in [6.45, 7) is 27.7. The molecule has 0 atom stereocenters. The van der Waals surface area contributed by atoms with Gasteiger partial charge in [-0.1, -0.05) is 119 Å². The molecule has 0 spiro atoms. The fraction of sp³-hybridized carbons (Fsp3) is 0.571. The molecule has 0 aromatic heterocycles. The van der Waals surface area contributed by atoms with Crippen molar-refractivity contribution in [3.05, 3.63) is 58.7 Å².